The third-order valence-corrected chi connectivity index (χ3v) is 2.57. The first-order chi connectivity index (χ1) is 4.51. The summed E-state index contributed by atoms with van der Waals surface area (Å²) in [6.45, 7) is 4.31. The predicted molar refractivity (Wildman–Crippen MR) is 43.6 cm³/mol. The lowest BCUT2D eigenvalue weighted by atomic mass is 9.76. The molecular weight excluding hydrogens is 124 g/mol. The van der Waals surface area contributed by atoms with E-state index in [2.05, 4.69) is 13.8 Å². The van der Waals surface area contributed by atoms with E-state index >= 15 is 0 Å². The number of hydrogen-bond acceptors (Lipinski definition) is 2. The molecule has 1 rings (SSSR count). The summed E-state index contributed by atoms with van der Waals surface area (Å²) in [5.74, 6) is 0.601. The monoisotopic (exact) mass is 142 g/mol. The highest BCUT2D eigenvalue weighted by atomic mass is 14.8. The second kappa shape index (κ2) is 2.51. The van der Waals surface area contributed by atoms with Crippen molar-refractivity contribution in [2.75, 3.05) is 0 Å². The zero-order chi connectivity index (χ0) is 7.78. The molecule has 1 fully saturated rings. The van der Waals surface area contributed by atoms with Gasteiger partial charge in [0.05, 0.1) is 0 Å². The van der Waals surface area contributed by atoms with Gasteiger partial charge >= 0.3 is 0 Å². The van der Waals surface area contributed by atoms with Gasteiger partial charge in [0.2, 0.25) is 0 Å². The lowest BCUT2D eigenvalue weighted by Crippen LogP contribution is -2.47. The van der Waals surface area contributed by atoms with Gasteiger partial charge in [-0.3, -0.25) is 0 Å². The van der Waals surface area contributed by atoms with Gasteiger partial charge in [-0.05, 0) is 32.1 Å². The molecule has 1 saturated carbocycles. The summed E-state index contributed by atoms with van der Waals surface area (Å²) in [4.78, 5) is 0. The minimum atomic E-state index is 0.0509. The Balaban J connectivity index is 2.49. The molecule has 4 N–H and O–H groups in total. The van der Waals surface area contributed by atoms with Crippen LogP contribution >= 0.6 is 0 Å². The molecule has 0 aromatic heterocycles. The molecule has 3 atom stereocenters. The molecule has 0 aromatic rings. The van der Waals surface area contributed by atoms with Crippen molar-refractivity contribution < 1.29 is 0 Å². The third-order valence-electron chi connectivity index (χ3n) is 2.57. The molecule has 2 nitrogen and oxygen atoms in total. The molecule has 60 valence electrons. The Kier molecular flexibility index (Phi) is 2.02. The van der Waals surface area contributed by atoms with Crippen LogP contribution in [0.15, 0.2) is 0 Å². The van der Waals surface area contributed by atoms with E-state index in [0.717, 1.165) is 19.3 Å². The van der Waals surface area contributed by atoms with Crippen molar-refractivity contribution in [1.29, 1.82) is 0 Å². The second-order valence-corrected chi connectivity index (χ2v) is 4.04. The van der Waals surface area contributed by atoms with Crippen LogP contribution in [0.25, 0.3) is 0 Å². The maximum Gasteiger partial charge on any atom is 0.0129 e. The topological polar surface area (TPSA) is 52.0 Å². The maximum atomic E-state index is 5.97. The lowest BCUT2D eigenvalue weighted by Gasteiger charge is -2.37. The maximum absolute atomic E-state index is 5.97. The fourth-order valence-corrected chi connectivity index (χ4v) is 1.77. The first-order valence-electron chi connectivity index (χ1n) is 4.06. The smallest absolute Gasteiger partial charge is 0.0129 e. The van der Waals surface area contributed by atoms with Crippen LogP contribution in [0.1, 0.15) is 33.1 Å². The molecule has 0 bridgehead atoms. The van der Waals surface area contributed by atoms with E-state index in [-0.39, 0.29) is 5.54 Å². The average Bonchev–Trinajstić information content (AvgIpc) is 1.79. The van der Waals surface area contributed by atoms with Crippen LogP contribution in [0.5, 0.6) is 0 Å². The van der Waals surface area contributed by atoms with Gasteiger partial charge in [0, 0.05) is 11.6 Å². The van der Waals surface area contributed by atoms with Gasteiger partial charge in [0.15, 0.2) is 0 Å². The van der Waals surface area contributed by atoms with E-state index in [9.17, 15) is 0 Å². The first kappa shape index (κ1) is 8.02. The minimum absolute atomic E-state index is 0.0509. The zero-order valence-corrected chi connectivity index (χ0v) is 6.93. The van der Waals surface area contributed by atoms with Crippen molar-refractivity contribution in [1.82, 2.24) is 0 Å². The normalized spacial score (nSPS) is 49.2. The zero-order valence-electron chi connectivity index (χ0n) is 6.93. The summed E-state index contributed by atoms with van der Waals surface area (Å²) in [5, 5.41) is 0. The predicted octanol–water partition coefficient (Wildman–Crippen LogP) is 0.851. The summed E-state index contributed by atoms with van der Waals surface area (Å²) in [7, 11) is 0. The van der Waals surface area contributed by atoms with Crippen molar-refractivity contribution in [2.24, 2.45) is 17.4 Å². The van der Waals surface area contributed by atoms with Crippen LogP contribution < -0.4 is 11.5 Å². The Labute approximate surface area is 63.0 Å². The molecular formula is C8H18N2. The summed E-state index contributed by atoms with van der Waals surface area (Å²) in [5.41, 5.74) is 11.9. The molecule has 1 aliphatic rings. The van der Waals surface area contributed by atoms with Gasteiger partial charge in [0.25, 0.3) is 0 Å². The van der Waals surface area contributed by atoms with E-state index in [1.165, 1.54) is 0 Å². The van der Waals surface area contributed by atoms with E-state index < -0.39 is 0 Å². The SMILES string of the molecule is CC1CC(C)(N)CCC1N. The molecule has 0 radical (unpaired) electrons. The number of rotatable bonds is 0. The van der Waals surface area contributed by atoms with Crippen LogP contribution in [-0.4, -0.2) is 11.6 Å². The Morgan fingerprint density at radius 3 is 2.50 bits per heavy atom. The van der Waals surface area contributed by atoms with Crippen molar-refractivity contribution in [3.8, 4) is 0 Å². The van der Waals surface area contributed by atoms with Crippen LogP contribution in [0.3, 0.4) is 0 Å². The van der Waals surface area contributed by atoms with E-state index in [0.29, 0.717) is 12.0 Å². The first-order valence-corrected chi connectivity index (χ1v) is 4.06. The fourth-order valence-electron chi connectivity index (χ4n) is 1.77. The van der Waals surface area contributed by atoms with Crippen LogP contribution in [-0.2, 0) is 0 Å². The highest BCUT2D eigenvalue weighted by molar-refractivity contribution is 4.90. The van der Waals surface area contributed by atoms with Crippen molar-refractivity contribution in [3.05, 3.63) is 0 Å². The molecule has 1 aliphatic carbocycles. The molecule has 0 heterocycles. The van der Waals surface area contributed by atoms with Crippen molar-refractivity contribution >= 4 is 0 Å². The van der Waals surface area contributed by atoms with E-state index in [1.807, 2.05) is 0 Å². The molecule has 3 unspecified atom stereocenters. The van der Waals surface area contributed by atoms with Crippen LogP contribution in [0, 0.1) is 5.92 Å². The quantitative estimate of drug-likeness (QED) is 0.527. The van der Waals surface area contributed by atoms with Crippen LogP contribution in [0.4, 0.5) is 0 Å². The Hall–Kier alpha value is -0.0800. The molecule has 10 heavy (non-hydrogen) atoms. The molecule has 0 spiro atoms. The van der Waals surface area contributed by atoms with Crippen molar-refractivity contribution in [2.45, 2.75) is 44.7 Å². The standard InChI is InChI=1S/C8H18N2/c1-6-5-8(2,10)4-3-7(6)9/h6-7H,3-5,9-10H2,1-2H3. The summed E-state index contributed by atoms with van der Waals surface area (Å²) < 4.78 is 0. The third kappa shape index (κ3) is 1.70. The lowest BCUT2D eigenvalue weighted by molar-refractivity contribution is 0.226. The molecule has 0 aromatic carbocycles. The molecule has 0 saturated heterocycles. The minimum Gasteiger partial charge on any atom is -0.327 e. The highest BCUT2D eigenvalue weighted by Gasteiger charge is 2.30. The van der Waals surface area contributed by atoms with Crippen molar-refractivity contribution in [3.63, 3.8) is 0 Å². The van der Waals surface area contributed by atoms with Gasteiger partial charge in [0.1, 0.15) is 0 Å². The average molecular weight is 142 g/mol. The molecule has 2 heteroatoms. The van der Waals surface area contributed by atoms with E-state index in [1.54, 1.807) is 0 Å². The Morgan fingerprint density at radius 2 is 2.10 bits per heavy atom. The summed E-state index contributed by atoms with van der Waals surface area (Å²) in [6.07, 6.45) is 3.25. The van der Waals surface area contributed by atoms with Gasteiger partial charge < -0.3 is 11.5 Å². The number of nitrogens with two attached hydrogens (primary N) is 2. The molecule has 0 aliphatic heterocycles. The van der Waals surface area contributed by atoms with Crippen LogP contribution in [0.2, 0.25) is 0 Å². The number of hydrogen-bond donors (Lipinski definition) is 2. The second-order valence-electron chi connectivity index (χ2n) is 4.04. The Bertz CT molecular complexity index is 120. The molecule has 0 amide bonds. The highest BCUT2D eigenvalue weighted by Crippen LogP contribution is 2.28. The largest absolute Gasteiger partial charge is 0.327 e. The van der Waals surface area contributed by atoms with Gasteiger partial charge in [-0.1, -0.05) is 6.92 Å². The fraction of sp³-hybridized carbons (Fsp3) is 1.00. The van der Waals surface area contributed by atoms with E-state index in [4.69, 9.17) is 11.5 Å². The summed E-state index contributed by atoms with van der Waals surface area (Å²) in [6, 6.07) is 0.386. The van der Waals surface area contributed by atoms with Gasteiger partial charge in [-0.2, -0.15) is 0 Å². The summed E-state index contributed by atoms with van der Waals surface area (Å²) >= 11 is 0. The van der Waals surface area contributed by atoms with Gasteiger partial charge in [-0.25, -0.2) is 0 Å². The Morgan fingerprint density at radius 1 is 1.50 bits per heavy atom. The van der Waals surface area contributed by atoms with Gasteiger partial charge in [-0.15, -0.1) is 0 Å².